The van der Waals surface area contributed by atoms with E-state index in [9.17, 15) is 4.79 Å². The number of carbonyl (C=O) groups excluding carboxylic acids is 1. The molecule has 2 amide bonds. The van der Waals surface area contributed by atoms with Gasteiger partial charge in [0, 0.05) is 25.0 Å². The van der Waals surface area contributed by atoms with Gasteiger partial charge in [-0.2, -0.15) is 5.10 Å². The van der Waals surface area contributed by atoms with Gasteiger partial charge in [0.25, 0.3) is 0 Å². The van der Waals surface area contributed by atoms with Crippen LogP contribution in [0.1, 0.15) is 56.1 Å². The highest BCUT2D eigenvalue weighted by Crippen LogP contribution is 2.17. The average molecular weight is 340 g/mol. The minimum absolute atomic E-state index is 0.0561. The first-order valence-corrected chi connectivity index (χ1v) is 9.40. The second-order valence-electron chi connectivity index (χ2n) is 6.84. The van der Waals surface area contributed by atoms with E-state index in [0.717, 1.165) is 24.9 Å². The number of urea groups is 1. The molecule has 3 rings (SSSR count). The summed E-state index contributed by atoms with van der Waals surface area (Å²) in [5, 5.41) is 10.4. The number of nitrogens with zero attached hydrogens (tertiary/aromatic N) is 2. The topological polar surface area (TPSA) is 59.0 Å². The molecule has 0 bridgehead atoms. The molecule has 0 spiro atoms. The summed E-state index contributed by atoms with van der Waals surface area (Å²) in [6.07, 6.45) is 12.3. The zero-order chi connectivity index (χ0) is 17.3. The number of amides is 2. The fourth-order valence-corrected chi connectivity index (χ4v) is 3.47. The van der Waals surface area contributed by atoms with E-state index in [2.05, 4.69) is 27.9 Å². The Morgan fingerprint density at radius 2 is 1.76 bits per heavy atom. The van der Waals surface area contributed by atoms with Crippen molar-refractivity contribution in [2.75, 3.05) is 0 Å². The molecule has 1 aromatic heterocycles. The van der Waals surface area contributed by atoms with Crippen LogP contribution in [0.25, 0.3) is 0 Å². The molecule has 1 aliphatic carbocycles. The van der Waals surface area contributed by atoms with Gasteiger partial charge in [0.1, 0.15) is 0 Å². The number of hydrogen-bond acceptors (Lipinski definition) is 2. The van der Waals surface area contributed by atoms with Gasteiger partial charge < -0.3 is 10.6 Å². The molecule has 1 saturated carbocycles. The van der Waals surface area contributed by atoms with E-state index >= 15 is 0 Å². The molecule has 5 nitrogen and oxygen atoms in total. The van der Waals surface area contributed by atoms with Crippen molar-refractivity contribution in [1.29, 1.82) is 0 Å². The highest BCUT2D eigenvalue weighted by atomic mass is 16.2. The fourth-order valence-electron chi connectivity index (χ4n) is 3.47. The van der Waals surface area contributed by atoms with Crippen molar-refractivity contribution in [2.24, 2.45) is 0 Å². The number of nitrogens with one attached hydrogen (secondary N) is 2. The Kier molecular flexibility index (Phi) is 6.48. The third-order valence-electron chi connectivity index (χ3n) is 4.89. The Morgan fingerprint density at radius 1 is 1.04 bits per heavy atom. The van der Waals surface area contributed by atoms with Crippen molar-refractivity contribution in [3.8, 4) is 0 Å². The van der Waals surface area contributed by atoms with Crippen molar-refractivity contribution in [3.05, 3.63) is 53.9 Å². The second-order valence-corrected chi connectivity index (χ2v) is 6.84. The summed E-state index contributed by atoms with van der Waals surface area (Å²) in [6.45, 7) is 1.26. The molecule has 5 heteroatoms. The molecule has 25 heavy (non-hydrogen) atoms. The molecule has 1 heterocycles. The summed E-state index contributed by atoms with van der Waals surface area (Å²) in [6, 6.07) is 10.4. The summed E-state index contributed by atoms with van der Waals surface area (Å²) in [4.78, 5) is 12.3. The van der Waals surface area contributed by atoms with Crippen LogP contribution in [-0.4, -0.2) is 21.9 Å². The van der Waals surface area contributed by atoms with E-state index in [1.807, 2.05) is 29.1 Å². The average Bonchev–Trinajstić information content (AvgIpc) is 3.09. The van der Waals surface area contributed by atoms with Crippen LogP contribution < -0.4 is 10.6 Å². The van der Waals surface area contributed by atoms with E-state index in [4.69, 9.17) is 0 Å². The molecule has 0 radical (unpaired) electrons. The van der Waals surface area contributed by atoms with Gasteiger partial charge >= 0.3 is 6.03 Å². The molecule has 134 valence electrons. The van der Waals surface area contributed by atoms with Crippen LogP contribution in [0, 0.1) is 0 Å². The van der Waals surface area contributed by atoms with Crippen LogP contribution in [-0.2, 0) is 13.1 Å². The third-order valence-corrected chi connectivity index (χ3v) is 4.89. The number of aromatic nitrogens is 2. The maximum absolute atomic E-state index is 12.3. The molecule has 1 aromatic carbocycles. The van der Waals surface area contributed by atoms with Gasteiger partial charge in [-0.1, -0.05) is 56.4 Å². The van der Waals surface area contributed by atoms with Crippen molar-refractivity contribution in [2.45, 2.75) is 64.1 Å². The Morgan fingerprint density at radius 3 is 2.48 bits per heavy atom. The summed E-state index contributed by atoms with van der Waals surface area (Å²) in [7, 11) is 0. The van der Waals surface area contributed by atoms with Crippen molar-refractivity contribution in [1.82, 2.24) is 20.4 Å². The van der Waals surface area contributed by atoms with Crippen molar-refractivity contribution in [3.63, 3.8) is 0 Å². The first-order chi connectivity index (χ1) is 12.3. The van der Waals surface area contributed by atoms with Crippen molar-refractivity contribution < 1.29 is 4.79 Å². The van der Waals surface area contributed by atoms with Gasteiger partial charge in [-0.25, -0.2) is 4.79 Å². The first-order valence-electron chi connectivity index (χ1n) is 9.40. The largest absolute Gasteiger partial charge is 0.335 e. The van der Waals surface area contributed by atoms with Gasteiger partial charge in [-0.3, -0.25) is 4.68 Å². The Labute approximate surface area is 149 Å². The Balaban J connectivity index is 1.51. The maximum Gasteiger partial charge on any atom is 0.315 e. The quantitative estimate of drug-likeness (QED) is 0.869. The molecule has 0 unspecified atom stereocenters. The molecule has 0 aliphatic heterocycles. The number of carbonyl (C=O) groups is 1. The monoisotopic (exact) mass is 340 g/mol. The number of rotatable bonds is 5. The third kappa shape index (κ3) is 5.62. The van der Waals surface area contributed by atoms with E-state index in [0.29, 0.717) is 12.6 Å². The SMILES string of the molecule is O=C(NCc1ccccc1Cn1cccn1)NC1CCCCCCC1. The Bertz CT molecular complexity index is 645. The molecular formula is C20H28N4O. The predicted octanol–water partition coefficient (Wildman–Crippen LogP) is 3.84. The van der Waals surface area contributed by atoms with Crippen LogP contribution in [0.4, 0.5) is 4.79 Å². The molecule has 1 aliphatic rings. The fraction of sp³-hybridized carbons (Fsp3) is 0.500. The van der Waals surface area contributed by atoms with Gasteiger partial charge in [0.05, 0.1) is 6.54 Å². The molecule has 2 aromatic rings. The summed E-state index contributed by atoms with van der Waals surface area (Å²) < 4.78 is 1.90. The standard InChI is InChI=1S/C20H28N4O/c25-20(23-19-11-4-2-1-3-5-12-19)21-15-17-9-6-7-10-18(17)16-24-14-8-13-22-24/h6-10,13-14,19H,1-5,11-12,15-16H2,(H2,21,23,25). The molecule has 2 N–H and O–H groups in total. The lowest BCUT2D eigenvalue weighted by molar-refractivity contribution is 0.233. The maximum atomic E-state index is 12.3. The molecule has 1 fully saturated rings. The predicted molar refractivity (Wildman–Crippen MR) is 99.2 cm³/mol. The summed E-state index contributed by atoms with van der Waals surface area (Å²) in [5.74, 6) is 0. The highest BCUT2D eigenvalue weighted by Gasteiger charge is 2.14. The van der Waals surface area contributed by atoms with Crippen LogP contribution in [0.3, 0.4) is 0 Å². The van der Waals surface area contributed by atoms with Crippen molar-refractivity contribution >= 4 is 6.03 Å². The van der Waals surface area contributed by atoms with Gasteiger partial charge in [-0.15, -0.1) is 0 Å². The zero-order valence-corrected chi connectivity index (χ0v) is 14.8. The summed E-state index contributed by atoms with van der Waals surface area (Å²) >= 11 is 0. The highest BCUT2D eigenvalue weighted by molar-refractivity contribution is 5.74. The summed E-state index contributed by atoms with van der Waals surface area (Å²) in [5.41, 5.74) is 2.31. The Hall–Kier alpha value is -2.30. The van der Waals surface area contributed by atoms with E-state index in [1.54, 1.807) is 6.20 Å². The second kappa shape index (κ2) is 9.25. The normalized spacial score (nSPS) is 16.0. The lowest BCUT2D eigenvalue weighted by atomic mass is 9.97. The molecule has 0 atom stereocenters. The van der Waals surface area contributed by atoms with Gasteiger partial charge in [0.2, 0.25) is 0 Å². The van der Waals surface area contributed by atoms with E-state index in [-0.39, 0.29) is 6.03 Å². The lowest BCUT2D eigenvalue weighted by Crippen LogP contribution is -2.42. The van der Waals surface area contributed by atoms with Crippen LogP contribution >= 0.6 is 0 Å². The first kappa shape index (κ1) is 17.5. The zero-order valence-electron chi connectivity index (χ0n) is 14.8. The van der Waals surface area contributed by atoms with Crippen LogP contribution in [0.2, 0.25) is 0 Å². The number of hydrogen-bond donors (Lipinski definition) is 2. The molecule has 0 saturated heterocycles. The smallest absolute Gasteiger partial charge is 0.315 e. The lowest BCUT2D eigenvalue weighted by Gasteiger charge is -2.21. The van der Waals surface area contributed by atoms with Crippen LogP contribution in [0.5, 0.6) is 0 Å². The van der Waals surface area contributed by atoms with Gasteiger partial charge in [-0.05, 0) is 30.0 Å². The van der Waals surface area contributed by atoms with Crippen LogP contribution in [0.15, 0.2) is 42.7 Å². The minimum Gasteiger partial charge on any atom is -0.335 e. The molecular weight excluding hydrogens is 312 g/mol. The number of benzene rings is 1. The van der Waals surface area contributed by atoms with Gasteiger partial charge in [0.15, 0.2) is 0 Å². The minimum atomic E-state index is -0.0561. The van der Waals surface area contributed by atoms with E-state index in [1.165, 1.54) is 37.7 Å². The van der Waals surface area contributed by atoms with E-state index < -0.39 is 0 Å².